The summed E-state index contributed by atoms with van der Waals surface area (Å²) < 4.78 is 11.9. The first-order chi connectivity index (χ1) is 8.55. The topological polar surface area (TPSA) is 21.7 Å². The third-order valence-corrected chi connectivity index (χ3v) is 3.92. The Bertz CT molecular complexity index is 418. The van der Waals surface area contributed by atoms with Gasteiger partial charge >= 0.3 is 0 Å². The molecule has 0 saturated carbocycles. The van der Waals surface area contributed by atoms with Crippen molar-refractivity contribution in [3.05, 3.63) is 35.9 Å². The zero-order chi connectivity index (χ0) is 12.8. The van der Waals surface area contributed by atoms with E-state index in [0.29, 0.717) is 6.04 Å². The van der Waals surface area contributed by atoms with Gasteiger partial charge in [0.05, 0.1) is 0 Å². The summed E-state index contributed by atoms with van der Waals surface area (Å²) in [6, 6.07) is 11.0. The van der Waals surface area contributed by atoms with Crippen molar-refractivity contribution in [2.24, 2.45) is 0 Å². The van der Waals surface area contributed by atoms with Crippen LogP contribution in [0.5, 0.6) is 0 Å². The van der Waals surface area contributed by atoms with E-state index >= 15 is 0 Å². The first-order valence-corrected chi connectivity index (χ1v) is 6.69. The molecule has 2 aliphatic heterocycles. The van der Waals surface area contributed by atoms with Crippen LogP contribution in [0.4, 0.5) is 0 Å². The lowest BCUT2D eigenvalue weighted by Gasteiger charge is -2.27. The second-order valence-corrected chi connectivity index (χ2v) is 5.79. The van der Waals surface area contributed by atoms with Gasteiger partial charge in [-0.3, -0.25) is 4.90 Å². The normalized spacial score (nSPS) is 34.7. The monoisotopic (exact) mass is 247 g/mol. The Morgan fingerprint density at radius 1 is 1.22 bits per heavy atom. The number of rotatable bonds is 2. The molecule has 0 unspecified atom stereocenters. The molecule has 2 saturated heterocycles. The Labute approximate surface area is 109 Å². The summed E-state index contributed by atoms with van der Waals surface area (Å²) in [6.45, 7) is 8.17. The van der Waals surface area contributed by atoms with E-state index < -0.39 is 5.79 Å². The Morgan fingerprint density at radius 2 is 1.94 bits per heavy atom. The molecule has 0 bridgehead atoms. The van der Waals surface area contributed by atoms with Gasteiger partial charge in [0.25, 0.3) is 0 Å². The van der Waals surface area contributed by atoms with Crippen LogP contribution in [0.25, 0.3) is 0 Å². The summed E-state index contributed by atoms with van der Waals surface area (Å²) in [5.74, 6) is -0.414. The van der Waals surface area contributed by atoms with Gasteiger partial charge in [0.1, 0.15) is 12.2 Å². The molecule has 0 amide bonds. The molecule has 0 radical (unpaired) electrons. The third-order valence-electron chi connectivity index (χ3n) is 3.92. The maximum Gasteiger partial charge on any atom is 0.163 e. The van der Waals surface area contributed by atoms with Crippen molar-refractivity contribution in [2.75, 3.05) is 6.54 Å². The zero-order valence-corrected chi connectivity index (χ0v) is 11.3. The highest BCUT2D eigenvalue weighted by atomic mass is 16.8. The fourth-order valence-corrected chi connectivity index (χ4v) is 3.04. The number of hydrogen-bond donors (Lipinski definition) is 0. The molecule has 3 heteroatoms. The molecule has 2 aliphatic rings. The van der Waals surface area contributed by atoms with Crippen molar-refractivity contribution in [3.8, 4) is 0 Å². The molecule has 3 rings (SSSR count). The molecular formula is C15H21NO2. The van der Waals surface area contributed by atoms with E-state index in [0.717, 1.165) is 13.1 Å². The van der Waals surface area contributed by atoms with Crippen molar-refractivity contribution >= 4 is 0 Å². The molecule has 0 aliphatic carbocycles. The van der Waals surface area contributed by atoms with Crippen LogP contribution >= 0.6 is 0 Å². The Kier molecular flexibility index (Phi) is 2.93. The first kappa shape index (κ1) is 12.2. The lowest BCUT2D eigenvalue weighted by molar-refractivity contribution is -0.161. The number of ether oxygens (including phenoxy) is 2. The smallest absolute Gasteiger partial charge is 0.163 e. The fraction of sp³-hybridized carbons (Fsp3) is 0.600. The largest absolute Gasteiger partial charge is 0.343 e. The van der Waals surface area contributed by atoms with Crippen molar-refractivity contribution in [1.29, 1.82) is 0 Å². The Hall–Kier alpha value is -0.900. The predicted molar refractivity (Wildman–Crippen MR) is 70.1 cm³/mol. The van der Waals surface area contributed by atoms with Gasteiger partial charge in [0.15, 0.2) is 5.79 Å². The predicted octanol–water partition coefficient (Wildman–Crippen LogP) is 2.41. The quantitative estimate of drug-likeness (QED) is 0.801. The van der Waals surface area contributed by atoms with Gasteiger partial charge in [-0.2, -0.15) is 0 Å². The van der Waals surface area contributed by atoms with Gasteiger partial charge in [-0.1, -0.05) is 30.3 Å². The van der Waals surface area contributed by atoms with Crippen LogP contribution in [0.3, 0.4) is 0 Å². The highest BCUT2D eigenvalue weighted by molar-refractivity contribution is 5.15. The molecular weight excluding hydrogens is 226 g/mol. The highest BCUT2D eigenvalue weighted by Crippen LogP contribution is 2.36. The second-order valence-electron chi connectivity index (χ2n) is 5.79. The van der Waals surface area contributed by atoms with E-state index in [4.69, 9.17) is 9.47 Å². The fourth-order valence-electron chi connectivity index (χ4n) is 3.04. The molecule has 2 fully saturated rings. The second kappa shape index (κ2) is 4.34. The van der Waals surface area contributed by atoms with Crippen molar-refractivity contribution in [1.82, 2.24) is 4.90 Å². The first-order valence-electron chi connectivity index (χ1n) is 6.69. The molecule has 1 aromatic rings. The van der Waals surface area contributed by atoms with Crippen LogP contribution < -0.4 is 0 Å². The average molecular weight is 247 g/mol. The van der Waals surface area contributed by atoms with Gasteiger partial charge in [0.2, 0.25) is 0 Å². The Morgan fingerprint density at radius 3 is 2.61 bits per heavy atom. The summed E-state index contributed by atoms with van der Waals surface area (Å²) in [5, 5.41) is 0. The minimum absolute atomic E-state index is 0.212. The number of likely N-dealkylation sites (tertiary alicyclic amines) is 1. The molecule has 2 heterocycles. The molecule has 3 atom stereocenters. The van der Waals surface area contributed by atoms with Crippen molar-refractivity contribution < 1.29 is 9.47 Å². The molecule has 0 aromatic heterocycles. The Balaban J connectivity index is 1.68. The van der Waals surface area contributed by atoms with Gasteiger partial charge in [-0.15, -0.1) is 0 Å². The van der Waals surface area contributed by atoms with Crippen molar-refractivity contribution in [3.63, 3.8) is 0 Å². The molecule has 3 nitrogen and oxygen atoms in total. The van der Waals surface area contributed by atoms with Crippen LogP contribution in [0.1, 0.15) is 26.3 Å². The summed E-state index contributed by atoms with van der Waals surface area (Å²) in [6.07, 6.45) is 0.433. The lowest BCUT2D eigenvalue weighted by Crippen LogP contribution is -2.36. The number of benzene rings is 1. The van der Waals surface area contributed by atoms with E-state index in [2.05, 4.69) is 42.2 Å². The number of hydrogen-bond acceptors (Lipinski definition) is 3. The van der Waals surface area contributed by atoms with Crippen LogP contribution in [-0.2, 0) is 16.0 Å². The minimum atomic E-state index is -0.414. The SMILES string of the molecule is C[C@@H]1[C@@H]2OC(C)(C)O[C@@H]2CN1Cc1ccccc1. The molecule has 0 spiro atoms. The lowest BCUT2D eigenvalue weighted by atomic mass is 10.1. The van der Waals surface area contributed by atoms with E-state index in [1.54, 1.807) is 0 Å². The maximum absolute atomic E-state index is 5.99. The van der Waals surface area contributed by atoms with Crippen LogP contribution in [0.2, 0.25) is 0 Å². The van der Waals surface area contributed by atoms with E-state index in [1.807, 2.05) is 13.8 Å². The zero-order valence-electron chi connectivity index (χ0n) is 11.3. The van der Waals surface area contributed by atoms with E-state index in [9.17, 15) is 0 Å². The summed E-state index contributed by atoms with van der Waals surface area (Å²) in [4.78, 5) is 2.44. The number of nitrogens with zero attached hydrogens (tertiary/aromatic N) is 1. The summed E-state index contributed by atoms with van der Waals surface area (Å²) >= 11 is 0. The van der Waals surface area contributed by atoms with Crippen molar-refractivity contribution in [2.45, 2.75) is 51.4 Å². The average Bonchev–Trinajstić information content (AvgIpc) is 2.76. The molecule has 1 aromatic carbocycles. The molecule has 18 heavy (non-hydrogen) atoms. The van der Waals surface area contributed by atoms with E-state index in [-0.39, 0.29) is 12.2 Å². The van der Waals surface area contributed by atoms with Gasteiger partial charge in [-0.05, 0) is 26.3 Å². The van der Waals surface area contributed by atoms with E-state index in [1.165, 1.54) is 5.56 Å². The molecule has 98 valence electrons. The van der Waals surface area contributed by atoms with Crippen LogP contribution in [0, 0.1) is 0 Å². The van der Waals surface area contributed by atoms with Gasteiger partial charge < -0.3 is 9.47 Å². The van der Waals surface area contributed by atoms with Gasteiger partial charge in [0, 0.05) is 19.1 Å². The summed E-state index contributed by atoms with van der Waals surface area (Å²) in [7, 11) is 0. The summed E-state index contributed by atoms with van der Waals surface area (Å²) in [5.41, 5.74) is 1.35. The third kappa shape index (κ3) is 2.18. The molecule has 0 N–H and O–H groups in total. The van der Waals surface area contributed by atoms with Gasteiger partial charge in [-0.25, -0.2) is 0 Å². The van der Waals surface area contributed by atoms with Crippen LogP contribution in [0.15, 0.2) is 30.3 Å². The van der Waals surface area contributed by atoms with Crippen LogP contribution in [-0.4, -0.2) is 35.5 Å². The number of fused-ring (bicyclic) bond motifs is 1. The maximum atomic E-state index is 5.99. The highest BCUT2D eigenvalue weighted by Gasteiger charge is 2.50. The standard InChI is InChI=1S/C15H21NO2/c1-11-14-13(17-15(2,3)18-14)10-16(11)9-12-7-5-4-6-8-12/h4-8,11,13-14H,9-10H2,1-3H3/t11-,13-,14+/m1/s1. The minimum Gasteiger partial charge on any atom is -0.343 e.